The average Bonchev–Trinajstić information content (AvgIpc) is 3.35. The topological polar surface area (TPSA) is 75.0 Å². The molecule has 0 spiro atoms. The molecule has 37 heavy (non-hydrogen) atoms. The number of aromatic hydroxyl groups is 1. The maximum Gasteiger partial charge on any atom is 0.278 e. The Morgan fingerprint density at radius 1 is 0.946 bits per heavy atom. The molecule has 2 aliphatic heterocycles. The standard InChI is InChI=1S/C27H19F2N3O4S/c28-14-1-3-16-19(11-14)18-6-10-37-26(18)20-12-15(29)2-4-17(20)23(16)32-22-13-36-9-8-30(22)27(35)24-25(34)21(33)5-7-31(24)32/h1-7,10-12,22-23,34H,8-9,13H2/t22-,23-/m1/s1. The zero-order chi connectivity index (χ0) is 25.4. The Bertz CT molecular complexity index is 1600. The van der Waals surface area contributed by atoms with Crippen molar-refractivity contribution < 1.29 is 23.4 Å². The van der Waals surface area contributed by atoms with Gasteiger partial charge in [0.15, 0.2) is 11.4 Å². The summed E-state index contributed by atoms with van der Waals surface area (Å²) >= 11 is 1.44. The molecule has 2 aromatic heterocycles. The predicted molar refractivity (Wildman–Crippen MR) is 133 cm³/mol. The van der Waals surface area contributed by atoms with Crippen LogP contribution in [0.25, 0.3) is 21.6 Å². The van der Waals surface area contributed by atoms with E-state index in [4.69, 9.17) is 4.74 Å². The van der Waals surface area contributed by atoms with Gasteiger partial charge in [-0.3, -0.25) is 19.3 Å². The minimum absolute atomic E-state index is 0.156. The summed E-state index contributed by atoms with van der Waals surface area (Å²) in [6.45, 7) is 0.734. The van der Waals surface area contributed by atoms with Gasteiger partial charge in [0.25, 0.3) is 5.91 Å². The largest absolute Gasteiger partial charge is 0.502 e. The Balaban J connectivity index is 1.58. The van der Waals surface area contributed by atoms with Gasteiger partial charge in [0.2, 0.25) is 5.43 Å². The van der Waals surface area contributed by atoms with E-state index >= 15 is 0 Å². The molecule has 1 saturated heterocycles. The highest BCUT2D eigenvalue weighted by atomic mass is 32.1. The molecule has 7 nitrogen and oxygen atoms in total. The Kier molecular flexibility index (Phi) is 4.79. The van der Waals surface area contributed by atoms with E-state index in [-0.39, 0.29) is 18.8 Å². The van der Waals surface area contributed by atoms with E-state index in [1.807, 2.05) is 16.5 Å². The molecule has 3 aliphatic rings. The Morgan fingerprint density at radius 3 is 2.46 bits per heavy atom. The number of benzene rings is 2. The zero-order valence-corrected chi connectivity index (χ0v) is 20.0. The van der Waals surface area contributed by atoms with E-state index in [2.05, 4.69) is 0 Å². The third kappa shape index (κ3) is 3.12. The molecular formula is C27H19F2N3O4S. The SMILES string of the molecule is O=C1c2c(O)c(=O)ccn2N([C@@H]2c3ccc(F)cc3-c3ccsc3-c3cc(F)ccc32)[C@@H]2COCCN12. The number of halogens is 2. The quantitative estimate of drug-likeness (QED) is 0.410. The third-order valence-corrected chi connectivity index (χ3v) is 8.21. The molecule has 0 unspecified atom stereocenters. The summed E-state index contributed by atoms with van der Waals surface area (Å²) in [5.74, 6) is -1.95. The minimum atomic E-state index is -0.667. The van der Waals surface area contributed by atoms with Crippen LogP contribution >= 0.6 is 11.3 Å². The van der Waals surface area contributed by atoms with Crippen LogP contribution in [0.5, 0.6) is 5.75 Å². The lowest BCUT2D eigenvalue weighted by Crippen LogP contribution is -2.66. The molecular weight excluding hydrogens is 500 g/mol. The van der Waals surface area contributed by atoms with Crippen molar-refractivity contribution in [3.05, 3.63) is 98.8 Å². The van der Waals surface area contributed by atoms with Gasteiger partial charge in [0, 0.05) is 34.8 Å². The summed E-state index contributed by atoms with van der Waals surface area (Å²) < 4.78 is 36.5. The fourth-order valence-corrected chi connectivity index (χ4v) is 6.63. The molecule has 2 atom stereocenters. The van der Waals surface area contributed by atoms with E-state index in [0.29, 0.717) is 17.7 Å². The molecule has 0 radical (unpaired) electrons. The second kappa shape index (κ2) is 7.99. The maximum absolute atomic E-state index is 14.6. The van der Waals surface area contributed by atoms with Crippen molar-refractivity contribution in [1.82, 2.24) is 9.58 Å². The summed E-state index contributed by atoms with van der Waals surface area (Å²) in [7, 11) is 0. The van der Waals surface area contributed by atoms with Crippen LogP contribution in [-0.4, -0.2) is 46.5 Å². The van der Waals surface area contributed by atoms with Gasteiger partial charge in [-0.2, -0.15) is 0 Å². The first-order valence-electron chi connectivity index (χ1n) is 11.7. The van der Waals surface area contributed by atoms with Crippen LogP contribution in [-0.2, 0) is 4.74 Å². The molecule has 0 bridgehead atoms. The summed E-state index contributed by atoms with van der Waals surface area (Å²) in [4.78, 5) is 28.2. The van der Waals surface area contributed by atoms with E-state index in [1.165, 1.54) is 52.5 Å². The van der Waals surface area contributed by atoms with Gasteiger partial charge in [-0.25, -0.2) is 8.78 Å². The molecule has 7 rings (SSSR count). The number of rotatable bonds is 1. The highest BCUT2D eigenvalue weighted by Crippen LogP contribution is 2.50. The lowest BCUT2D eigenvalue weighted by molar-refractivity contribution is -0.0196. The first-order chi connectivity index (χ1) is 17.9. The molecule has 0 saturated carbocycles. The Morgan fingerprint density at radius 2 is 1.68 bits per heavy atom. The fourth-order valence-electron chi connectivity index (χ4n) is 5.68. The van der Waals surface area contributed by atoms with Crippen molar-refractivity contribution in [3.8, 4) is 27.3 Å². The number of pyridine rings is 1. The Hall–Kier alpha value is -4.02. The second-order valence-electron chi connectivity index (χ2n) is 9.18. The fraction of sp³-hybridized carbons (Fsp3) is 0.185. The molecule has 1 aliphatic carbocycles. The van der Waals surface area contributed by atoms with E-state index in [1.54, 1.807) is 17.0 Å². The highest BCUT2D eigenvalue weighted by molar-refractivity contribution is 7.14. The van der Waals surface area contributed by atoms with E-state index < -0.39 is 40.9 Å². The highest BCUT2D eigenvalue weighted by Gasteiger charge is 2.46. The van der Waals surface area contributed by atoms with Crippen LogP contribution < -0.4 is 10.4 Å². The second-order valence-corrected chi connectivity index (χ2v) is 10.1. The number of hydrogen-bond donors (Lipinski definition) is 1. The average molecular weight is 520 g/mol. The van der Waals surface area contributed by atoms with Gasteiger partial charge in [-0.15, -0.1) is 11.3 Å². The summed E-state index contributed by atoms with van der Waals surface area (Å²) in [6, 6.07) is 11.5. The predicted octanol–water partition coefficient (Wildman–Crippen LogP) is 4.08. The summed E-state index contributed by atoms with van der Waals surface area (Å²) in [5, 5.41) is 14.5. The summed E-state index contributed by atoms with van der Waals surface area (Å²) in [6.07, 6.45) is 0.849. The van der Waals surface area contributed by atoms with Crippen LogP contribution in [0.3, 0.4) is 0 Å². The Labute approximate surface area is 213 Å². The van der Waals surface area contributed by atoms with Crippen molar-refractivity contribution in [2.45, 2.75) is 12.2 Å². The number of ether oxygens (including phenoxy) is 1. The molecule has 1 fully saturated rings. The van der Waals surface area contributed by atoms with Crippen molar-refractivity contribution in [2.24, 2.45) is 0 Å². The van der Waals surface area contributed by atoms with Gasteiger partial charge < -0.3 is 14.7 Å². The van der Waals surface area contributed by atoms with Crippen molar-refractivity contribution in [3.63, 3.8) is 0 Å². The van der Waals surface area contributed by atoms with Gasteiger partial charge in [0.05, 0.1) is 19.3 Å². The number of thiophene rings is 1. The number of carbonyl (C=O) groups excluding carboxylic acids is 1. The first kappa shape index (κ1) is 22.2. The van der Waals surface area contributed by atoms with Crippen LogP contribution in [0.2, 0.25) is 0 Å². The molecule has 1 N–H and O–H groups in total. The van der Waals surface area contributed by atoms with E-state index in [0.717, 1.165) is 21.6 Å². The lowest BCUT2D eigenvalue weighted by Gasteiger charge is -2.51. The van der Waals surface area contributed by atoms with E-state index in [9.17, 15) is 23.5 Å². The summed E-state index contributed by atoms with van der Waals surface area (Å²) in [5.41, 5.74) is 2.72. The molecule has 10 heteroatoms. The van der Waals surface area contributed by atoms with Crippen molar-refractivity contribution in [1.29, 1.82) is 0 Å². The molecule has 186 valence electrons. The van der Waals surface area contributed by atoms with Gasteiger partial charge in [-0.05, 0) is 52.4 Å². The van der Waals surface area contributed by atoms with Gasteiger partial charge in [0.1, 0.15) is 17.8 Å². The van der Waals surface area contributed by atoms with Crippen LogP contribution in [0, 0.1) is 11.6 Å². The van der Waals surface area contributed by atoms with Crippen LogP contribution in [0.1, 0.15) is 27.7 Å². The molecule has 4 heterocycles. The monoisotopic (exact) mass is 519 g/mol. The van der Waals surface area contributed by atoms with Crippen molar-refractivity contribution in [2.75, 3.05) is 24.8 Å². The van der Waals surface area contributed by atoms with Gasteiger partial charge in [-0.1, -0.05) is 12.1 Å². The smallest absolute Gasteiger partial charge is 0.278 e. The number of aromatic nitrogens is 1. The molecule has 1 amide bonds. The normalized spacial score (nSPS) is 19.9. The number of morpholine rings is 1. The first-order valence-corrected chi connectivity index (χ1v) is 12.6. The van der Waals surface area contributed by atoms with Crippen LogP contribution in [0.15, 0.2) is 64.9 Å². The van der Waals surface area contributed by atoms with Crippen LogP contribution in [0.4, 0.5) is 8.78 Å². The number of hydrogen-bond acceptors (Lipinski definition) is 6. The number of fused-ring (bicyclic) bond motifs is 7. The van der Waals surface area contributed by atoms with Gasteiger partial charge >= 0.3 is 0 Å². The molecule has 4 aromatic rings. The third-order valence-electron chi connectivity index (χ3n) is 7.26. The van der Waals surface area contributed by atoms with Crippen molar-refractivity contribution >= 4 is 17.2 Å². The number of amides is 1. The minimum Gasteiger partial charge on any atom is -0.502 e. The number of nitrogens with zero attached hydrogens (tertiary/aromatic N) is 3. The maximum atomic E-state index is 14.6. The molecule has 2 aromatic carbocycles. The lowest BCUT2D eigenvalue weighted by atomic mass is 9.92. The number of carbonyl (C=O) groups is 1. The zero-order valence-electron chi connectivity index (χ0n) is 19.2.